The summed E-state index contributed by atoms with van der Waals surface area (Å²) in [7, 11) is 0. The summed E-state index contributed by atoms with van der Waals surface area (Å²) in [5.41, 5.74) is 9.73. The van der Waals surface area contributed by atoms with E-state index in [1.165, 1.54) is 0 Å². The second kappa shape index (κ2) is 6.69. The smallest absolute Gasteiger partial charge is 0.224 e. The van der Waals surface area contributed by atoms with Gasteiger partial charge in [0, 0.05) is 34.1 Å². The number of hydrogen-bond acceptors (Lipinski definition) is 3. The summed E-state index contributed by atoms with van der Waals surface area (Å²) in [6, 6.07) is 15.2. The Morgan fingerprint density at radius 2 is 1.96 bits per heavy atom. The molecule has 0 fully saturated rings. The van der Waals surface area contributed by atoms with Gasteiger partial charge in [-0.25, -0.2) is 0 Å². The van der Waals surface area contributed by atoms with Gasteiger partial charge in [-0.15, -0.1) is 0 Å². The Bertz CT molecular complexity index is 1120. The van der Waals surface area contributed by atoms with Crippen LogP contribution in [0.4, 0.5) is 11.4 Å². The van der Waals surface area contributed by atoms with Gasteiger partial charge in [-0.3, -0.25) is 9.78 Å². The number of carbonyl (C=O) groups excluding carboxylic acids is 1. The highest BCUT2D eigenvalue weighted by molar-refractivity contribution is 6.34. The van der Waals surface area contributed by atoms with Gasteiger partial charge < -0.3 is 16.0 Å². The second-order valence-corrected chi connectivity index (χ2v) is 6.59. The van der Waals surface area contributed by atoms with Gasteiger partial charge in [-0.2, -0.15) is 0 Å². The first-order valence-corrected chi connectivity index (χ1v) is 8.68. The van der Waals surface area contributed by atoms with E-state index in [9.17, 15) is 4.79 Å². The normalized spacial score (nSPS) is 11.1. The number of nitrogen functional groups attached to an aromatic ring is 1. The average Bonchev–Trinajstić information content (AvgIpc) is 3.00. The molecule has 4 rings (SSSR count). The maximum Gasteiger partial charge on any atom is 0.224 e. The molecule has 0 atom stereocenters. The number of nitrogens with one attached hydrogen (secondary N) is 2. The van der Waals surface area contributed by atoms with Gasteiger partial charge in [0.2, 0.25) is 5.91 Å². The van der Waals surface area contributed by atoms with Crippen LogP contribution in [0.1, 0.15) is 12.1 Å². The van der Waals surface area contributed by atoms with Crippen LogP contribution in [0.15, 0.2) is 54.7 Å². The maximum absolute atomic E-state index is 12.2. The van der Waals surface area contributed by atoms with E-state index in [1.807, 2.05) is 30.5 Å². The number of nitrogens with two attached hydrogens (primary N) is 1. The Balaban J connectivity index is 1.48. The molecule has 0 saturated heterocycles. The van der Waals surface area contributed by atoms with Gasteiger partial charge in [0.05, 0.1) is 22.4 Å². The largest absolute Gasteiger partial charge is 0.399 e. The van der Waals surface area contributed by atoms with Gasteiger partial charge in [0.25, 0.3) is 0 Å². The van der Waals surface area contributed by atoms with Gasteiger partial charge in [0.15, 0.2) is 0 Å². The van der Waals surface area contributed by atoms with Crippen LogP contribution in [0.3, 0.4) is 0 Å². The van der Waals surface area contributed by atoms with Gasteiger partial charge >= 0.3 is 0 Å². The highest BCUT2D eigenvalue weighted by Gasteiger charge is 2.09. The van der Waals surface area contributed by atoms with Crippen molar-refractivity contribution in [1.29, 1.82) is 0 Å². The zero-order valence-electron chi connectivity index (χ0n) is 13.9. The Labute approximate surface area is 155 Å². The molecule has 5 nitrogen and oxygen atoms in total. The average molecular weight is 365 g/mol. The molecule has 0 aliphatic carbocycles. The molecule has 0 saturated carbocycles. The van der Waals surface area contributed by atoms with Crippen molar-refractivity contribution in [3.63, 3.8) is 0 Å². The number of nitrogens with zero attached hydrogens (tertiary/aromatic N) is 1. The summed E-state index contributed by atoms with van der Waals surface area (Å²) >= 11 is 6.09. The van der Waals surface area contributed by atoms with E-state index >= 15 is 0 Å². The molecule has 2 aromatic carbocycles. The third-order valence-corrected chi connectivity index (χ3v) is 4.64. The predicted molar refractivity (Wildman–Crippen MR) is 106 cm³/mol. The third-order valence-electron chi connectivity index (χ3n) is 4.32. The molecule has 0 aliphatic rings. The molecule has 4 N–H and O–H groups in total. The van der Waals surface area contributed by atoms with Crippen LogP contribution in [0, 0.1) is 0 Å². The quantitative estimate of drug-likeness (QED) is 0.465. The topological polar surface area (TPSA) is 83.8 Å². The summed E-state index contributed by atoms with van der Waals surface area (Å²) < 4.78 is 0. The van der Waals surface area contributed by atoms with Crippen molar-refractivity contribution in [2.75, 3.05) is 11.1 Å². The van der Waals surface area contributed by atoms with Crippen LogP contribution in [0.25, 0.3) is 21.8 Å². The Kier molecular flexibility index (Phi) is 4.22. The lowest BCUT2D eigenvalue weighted by molar-refractivity contribution is -0.116. The highest BCUT2D eigenvalue weighted by Crippen LogP contribution is 2.26. The lowest BCUT2D eigenvalue weighted by Gasteiger charge is -2.08. The summed E-state index contributed by atoms with van der Waals surface area (Å²) in [5, 5.41) is 5.51. The van der Waals surface area contributed by atoms with Crippen molar-refractivity contribution < 1.29 is 4.79 Å². The van der Waals surface area contributed by atoms with Crippen molar-refractivity contribution in [3.8, 4) is 0 Å². The van der Waals surface area contributed by atoms with Crippen LogP contribution in [-0.2, 0) is 11.2 Å². The van der Waals surface area contributed by atoms with Gasteiger partial charge in [-0.05, 0) is 36.8 Å². The zero-order valence-corrected chi connectivity index (χ0v) is 14.7. The molecular weight excluding hydrogens is 348 g/mol. The first-order chi connectivity index (χ1) is 12.6. The number of H-pyrrole nitrogens is 1. The first-order valence-electron chi connectivity index (χ1n) is 8.30. The summed E-state index contributed by atoms with van der Waals surface area (Å²) in [6.07, 6.45) is 2.69. The van der Waals surface area contributed by atoms with E-state index in [1.54, 1.807) is 18.2 Å². The van der Waals surface area contributed by atoms with Crippen LogP contribution in [0.2, 0.25) is 5.02 Å². The summed E-state index contributed by atoms with van der Waals surface area (Å²) in [5.74, 6) is -0.113. The van der Waals surface area contributed by atoms with Crippen molar-refractivity contribution in [2.24, 2.45) is 0 Å². The molecule has 0 unspecified atom stereocenters. The lowest BCUT2D eigenvalue weighted by atomic mass is 10.1. The van der Waals surface area contributed by atoms with Crippen molar-refractivity contribution in [3.05, 3.63) is 65.4 Å². The zero-order chi connectivity index (χ0) is 18.1. The summed E-state index contributed by atoms with van der Waals surface area (Å²) in [4.78, 5) is 20.0. The number of halogens is 1. The number of aryl methyl sites for hydroxylation is 1. The van der Waals surface area contributed by atoms with Crippen molar-refractivity contribution >= 4 is 50.7 Å². The van der Waals surface area contributed by atoms with Gasteiger partial charge in [0.1, 0.15) is 0 Å². The predicted octanol–water partition coefficient (Wildman–Crippen LogP) is 4.52. The number of amides is 1. The van der Waals surface area contributed by atoms with E-state index in [2.05, 4.69) is 21.4 Å². The minimum atomic E-state index is -0.113. The number of rotatable bonds is 4. The molecule has 0 radical (unpaired) electrons. The van der Waals surface area contributed by atoms with Crippen LogP contribution >= 0.6 is 11.6 Å². The molecule has 0 spiro atoms. The van der Waals surface area contributed by atoms with Crippen molar-refractivity contribution in [2.45, 2.75) is 12.8 Å². The molecule has 0 aliphatic heterocycles. The van der Waals surface area contributed by atoms with Crippen molar-refractivity contribution in [1.82, 2.24) is 9.97 Å². The number of hydrogen-bond donors (Lipinski definition) is 3. The number of benzene rings is 2. The SMILES string of the molecule is Nc1ccc(NC(=O)CCc2cc3c(cn2)[nH]c2ccccc23)c(Cl)c1. The van der Waals surface area contributed by atoms with Crippen LogP contribution in [-0.4, -0.2) is 15.9 Å². The Morgan fingerprint density at radius 1 is 1.12 bits per heavy atom. The third kappa shape index (κ3) is 3.21. The number of carbonyl (C=O) groups is 1. The fourth-order valence-electron chi connectivity index (χ4n) is 3.02. The fraction of sp³-hybridized carbons (Fsp3) is 0.100. The first kappa shape index (κ1) is 16.4. The maximum atomic E-state index is 12.2. The molecule has 6 heteroatoms. The Hall–Kier alpha value is -3.05. The van der Waals surface area contributed by atoms with Crippen LogP contribution < -0.4 is 11.1 Å². The highest BCUT2D eigenvalue weighted by atomic mass is 35.5. The molecule has 4 aromatic rings. The standard InChI is InChI=1S/C20H17ClN4O/c21-16-9-12(22)5-7-18(16)25-20(26)8-6-13-10-15-14-3-1-2-4-17(14)24-19(15)11-23-13/h1-5,7,9-11,24H,6,8,22H2,(H,25,26). The van der Waals surface area contributed by atoms with Crippen LogP contribution in [0.5, 0.6) is 0 Å². The molecule has 1 amide bonds. The van der Waals surface area contributed by atoms with E-state index in [4.69, 9.17) is 17.3 Å². The molecule has 130 valence electrons. The Morgan fingerprint density at radius 3 is 2.81 bits per heavy atom. The number of anilines is 2. The monoisotopic (exact) mass is 364 g/mol. The second-order valence-electron chi connectivity index (χ2n) is 6.18. The number of pyridine rings is 1. The number of para-hydroxylation sites is 1. The van der Waals surface area contributed by atoms with Gasteiger partial charge in [-0.1, -0.05) is 29.8 Å². The molecule has 0 bridgehead atoms. The van der Waals surface area contributed by atoms with E-state index in [0.29, 0.717) is 29.2 Å². The van der Waals surface area contributed by atoms with E-state index in [0.717, 1.165) is 27.5 Å². The number of aromatic nitrogens is 2. The molecule has 26 heavy (non-hydrogen) atoms. The number of fused-ring (bicyclic) bond motifs is 3. The molecular formula is C20H17ClN4O. The molecule has 2 heterocycles. The summed E-state index contributed by atoms with van der Waals surface area (Å²) in [6.45, 7) is 0. The number of aromatic amines is 1. The minimum absolute atomic E-state index is 0.113. The van der Waals surface area contributed by atoms with E-state index in [-0.39, 0.29) is 5.91 Å². The lowest BCUT2D eigenvalue weighted by Crippen LogP contribution is -2.13. The minimum Gasteiger partial charge on any atom is -0.399 e. The van der Waals surface area contributed by atoms with E-state index < -0.39 is 0 Å². The molecule has 2 aromatic heterocycles. The fourth-order valence-corrected chi connectivity index (χ4v) is 3.25.